The summed E-state index contributed by atoms with van der Waals surface area (Å²) < 4.78 is 19.0. The van der Waals surface area contributed by atoms with E-state index in [-0.39, 0.29) is 24.1 Å². The Morgan fingerprint density at radius 3 is 2.61 bits per heavy atom. The molecule has 36 heavy (non-hydrogen) atoms. The summed E-state index contributed by atoms with van der Waals surface area (Å²) in [6.07, 6.45) is 3.96. The smallest absolute Gasteiger partial charge is 0.410 e. The molecular formula is C28H33FN4O3. The number of hydrogen-bond acceptors (Lipinski definition) is 6. The van der Waals surface area contributed by atoms with Crippen molar-refractivity contribution in [1.82, 2.24) is 9.88 Å². The minimum absolute atomic E-state index is 0.0820. The summed E-state index contributed by atoms with van der Waals surface area (Å²) in [5.74, 6) is -0.923. The van der Waals surface area contributed by atoms with Gasteiger partial charge in [-0.1, -0.05) is 0 Å². The van der Waals surface area contributed by atoms with E-state index in [2.05, 4.69) is 4.98 Å². The van der Waals surface area contributed by atoms with Crippen LogP contribution in [-0.2, 0) is 4.74 Å². The van der Waals surface area contributed by atoms with Gasteiger partial charge in [-0.15, -0.1) is 0 Å². The Labute approximate surface area is 211 Å². The number of rotatable bonds is 4. The van der Waals surface area contributed by atoms with Crippen molar-refractivity contribution < 1.29 is 18.7 Å². The van der Waals surface area contributed by atoms with Crippen LogP contribution in [0.3, 0.4) is 0 Å². The number of carbonyl (C=O) groups is 2. The lowest BCUT2D eigenvalue weighted by Crippen LogP contribution is -2.59. The van der Waals surface area contributed by atoms with Gasteiger partial charge in [-0.05, 0) is 94.8 Å². The van der Waals surface area contributed by atoms with Crippen molar-refractivity contribution in [1.29, 1.82) is 5.41 Å². The van der Waals surface area contributed by atoms with E-state index in [9.17, 15) is 14.0 Å². The third-order valence-electron chi connectivity index (χ3n) is 7.02. The summed E-state index contributed by atoms with van der Waals surface area (Å²) in [6, 6.07) is 9.56. The van der Waals surface area contributed by atoms with Crippen LogP contribution in [0.2, 0.25) is 0 Å². The van der Waals surface area contributed by atoms with Crippen molar-refractivity contribution >= 4 is 29.5 Å². The molecule has 1 saturated heterocycles. The molecule has 2 aliphatic rings. The van der Waals surface area contributed by atoms with Gasteiger partial charge in [0.2, 0.25) is 0 Å². The summed E-state index contributed by atoms with van der Waals surface area (Å²) in [5.41, 5.74) is 1.15. The van der Waals surface area contributed by atoms with Crippen molar-refractivity contribution in [3.8, 4) is 0 Å². The maximum Gasteiger partial charge on any atom is 0.410 e. The van der Waals surface area contributed by atoms with Gasteiger partial charge in [-0.25, -0.2) is 9.18 Å². The molecule has 1 aliphatic heterocycles. The number of ketones is 1. The second kappa shape index (κ2) is 9.91. The van der Waals surface area contributed by atoms with Gasteiger partial charge in [-0.3, -0.25) is 14.8 Å². The molecule has 2 heterocycles. The number of ether oxygens (including phenoxy) is 1. The molecule has 2 fully saturated rings. The van der Waals surface area contributed by atoms with E-state index in [0.717, 1.165) is 11.3 Å². The monoisotopic (exact) mass is 492 g/mol. The van der Waals surface area contributed by atoms with Crippen LogP contribution in [0.25, 0.3) is 0 Å². The number of likely N-dealkylation sites (tertiary alicyclic amines) is 1. The molecule has 1 aromatic heterocycles. The van der Waals surface area contributed by atoms with Crippen LogP contribution < -0.4 is 0 Å². The van der Waals surface area contributed by atoms with Crippen molar-refractivity contribution in [2.75, 3.05) is 13.1 Å². The number of nitrogens with zero attached hydrogens (tertiary/aromatic N) is 3. The summed E-state index contributed by atoms with van der Waals surface area (Å²) in [6.45, 7) is 8.04. The second-order valence-corrected chi connectivity index (χ2v) is 10.9. The van der Waals surface area contributed by atoms with Crippen LogP contribution in [0.5, 0.6) is 0 Å². The highest BCUT2D eigenvalue weighted by atomic mass is 19.1. The number of aryl methyl sites for hydroxylation is 1. The highest BCUT2D eigenvalue weighted by Gasteiger charge is 2.55. The van der Waals surface area contributed by atoms with Crippen LogP contribution in [0.15, 0.2) is 47.6 Å². The third kappa shape index (κ3) is 5.37. The van der Waals surface area contributed by atoms with Crippen molar-refractivity contribution in [3.05, 3.63) is 59.7 Å². The first-order chi connectivity index (χ1) is 17.0. The highest BCUT2D eigenvalue weighted by molar-refractivity contribution is 6.05. The molecule has 2 aromatic rings. The molecule has 1 N–H and O–H groups in total. The van der Waals surface area contributed by atoms with E-state index in [1.807, 2.05) is 33.8 Å². The number of fused-ring (bicyclic) bond motifs is 1. The predicted octanol–water partition coefficient (Wildman–Crippen LogP) is 5.79. The Hall–Kier alpha value is -3.42. The number of halogens is 1. The van der Waals surface area contributed by atoms with Crippen LogP contribution in [0.1, 0.15) is 56.1 Å². The van der Waals surface area contributed by atoms with E-state index in [0.29, 0.717) is 37.2 Å². The van der Waals surface area contributed by atoms with Gasteiger partial charge in [0.15, 0.2) is 5.78 Å². The Bertz CT molecular complexity index is 1190. The number of amides is 1. The van der Waals surface area contributed by atoms with Gasteiger partial charge in [0.25, 0.3) is 0 Å². The number of pyridine rings is 1. The predicted molar refractivity (Wildman–Crippen MR) is 137 cm³/mol. The maximum atomic E-state index is 14.1. The summed E-state index contributed by atoms with van der Waals surface area (Å²) in [4.78, 5) is 37.9. The van der Waals surface area contributed by atoms with Gasteiger partial charge >= 0.3 is 6.09 Å². The molecule has 3 unspecified atom stereocenters. The van der Waals surface area contributed by atoms with Gasteiger partial charge < -0.3 is 15.0 Å². The van der Waals surface area contributed by atoms with Crippen LogP contribution in [0.4, 0.5) is 14.9 Å². The minimum Gasteiger partial charge on any atom is -0.444 e. The fourth-order valence-corrected chi connectivity index (χ4v) is 5.29. The molecule has 1 saturated carbocycles. The zero-order valence-electron chi connectivity index (χ0n) is 21.3. The summed E-state index contributed by atoms with van der Waals surface area (Å²) in [5, 5.41) is 8.15. The first-order valence-corrected chi connectivity index (χ1v) is 12.3. The lowest BCUT2D eigenvalue weighted by atomic mass is 9.57. The van der Waals surface area contributed by atoms with E-state index in [1.54, 1.807) is 29.3 Å². The SMILES string of the molecule is Cc1ccnc(C(=O)C23CC(C=N)C(=Nc4ccc(F)cc4)CC2CCN(C(=O)OC(C)(C)C)C3)c1. The van der Waals surface area contributed by atoms with Gasteiger partial charge in [0.05, 0.1) is 11.1 Å². The average molecular weight is 493 g/mol. The molecule has 4 rings (SSSR count). The Kier molecular flexibility index (Phi) is 7.07. The summed E-state index contributed by atoms with van der Waals surface area (Å²) in [7, 11) is 0. The number of carbonyl (C=O) groups excluding carboxylic acids is 2. The Morgan fingerprint density at radius 2 is 1.97 bits per heavy atom. The number of piperidine rings is 1. The number of hydrogen-bond donors (Lipinski definition) is 1. The van der Waals surface area contributed by atoms with Gasteiger partial charge in [0.1, 0.15) is 17.1 Å². The minimum atomic E-state index is -0.917. The molecule has 1 aromatic carbocycles. The van der Waals surface area contributed by atoms with Crippen molar-refractivity contribution in [2.24, 2.45) is 22.2 Å². The molecule has 3 atom stereocenters. The van der Waals surface area contributed by atoms with E-state index >= 15 is 0 Å². The van der Waals surface area contributed by atoms with Gasteiger partial charge in [-0.2, -0.15) is 0 Å². The maximum absolute atomic E-state index is 14.1. The lowest BCUT2D eigenvalue weighted by Gasteiger charge is -2.51. The molecule has 7 nitrogen and oxygen atoms in total. The molecule has 0 spiro atoms. The molecule has 0 radical (unpaired) electrons. The normalized spacial score (nSPS) is 25.2. The fraction of sp³-hybridized carbons (Fsp3) is 0.464. The largest absolute Gasteiger partial charge is 0.444 e. The topological polar surface area (TPSA) is 95.7 Å². The molecule has 190 valence electrons. The van der Waals surface area contributed by atoms with E-state index in [1.165, 1.54) is 18.3 Å². The fourth-order valence-electron chi connectivity index (χ4n) is 5.29. The molecule has 0 bridgehead atoms. The standard InChI is InChI=1S/C28H33FN4O3/c1-18-9-11-31-24(13-18)25(34)28-15-19(16-30)23(32-22-7-5-21(29)6-8-22)14-20(28)10-12-33(17-28)26(35)36-27(2,3)4/h5-9,11,13,16,19-20,30H,10,12,14-15,17H2,1-4H3. The van der Waals surface area contributed by atoms with Gasteiger partial charge in [0, 0.05) is 37.1 Å². The number of nitrogens with one attached hydrogen (secondary N) is 1. The number of benzene rings is 1. The van der Waals surface area contributed by atoms with Crippen LogP contribution in [0, 0.1) is 35.4 Å². The molecule has 8 heteroatoms. The highest BCUT2D eigenvalue weighted by Crippen LogP contribution is 2.49. The second-order valence-electron chi connectivity index (χ2n) is 10.9. The van der Waals surface area contributed by atoms with E-state index < -0.39 is 23.0 Å². The summed E-state index contributed by atoms with van der Waals surface area (Å²) >= 11 is 0. The Morgan fingerprint density at radius 1 is 1.25 bits per heavy atom. The van der Waals surface area contributed by atoms with Crippen LogP contribution >= 0.6 is 0 Å². The van der Waals surface area contributed by atoms with Crippen molar-refractivity contribution in [2.45, 2.75) is 52.6 Å². The zero-order valence-corrected chi connectivity index (χ0v) is 21.3. The average Bonchev–Trinajstić information content (AvgIpc) is 2.83. The number of Topliss-reactive ketones (excluding diaryl/α,β-unsaturated/α-hetero) is 1. The molecular weight excluding hydrogens is 459 g/mol. The number of aliphatic imine (C=N–C) groups is 1. The van der Waals surface area contributed by atoms with Crippen molar-refractivity contribution in [3.63, 3.8) is 0 Å². The van der Waals surface area contributed by atoms with Crippen LogP contribution in [-0.4, -0.2) is 52.4 Å². The van der Waals surface area contributed by atoms with E-state index in [4.69, 9.17) is 15.1 Å². The number of aromatic nitrogens is 1. The zero-order chi connectivity index (χ0) is 26.1. The Balaban J connectivity index is 1.72. The first-order valence-electron chi connectivity index (χ1n) is 12.3. The lowest BCUT2D eigenvalue weighted by molar-refractivity contribution is -0.0127. The third-order valence-corrected chi connectivity index (χ3v) is 7.02. The quantitative estimate of drug-likeness (QED) is 0.432. The molecule has 1 amide bonds. The first kappa shape index (κ1) is 25.7. The molecule has 1 aliphatic carbocycles.